The fourth-order valence-corrected chi connectivity index (χ4v) is 3.32. The predicted octanol–water partition coefficient (Wildman–Crippen LogP) is 5.08. The van der Waals surface area contributed by atoms with E-state index < -0.39 is 0 Å². The molecule has 21 heavy (non-hydrogen) atoms. The van der Waals surface area contributed by atoms with Crippen LogP contribution >= 0.6 is 52.3 Å². The third-order valence-electron chi connectivity index (χ3n) is 3.74. The summed E-state index contributed by atoms with van der Waals surface area (Å²) >= 11 is 9.99. The van der Waals surface area contributed by atoms with E-state index in [1.165, 1.54) is 24.8 Å². The van der Waals surface area contributed by atoms with Crippen LogP contribution in [0.15, 0.2) is 22.7 Å². The summed E-state index contributed by atoms with van der Waals surface area (Å²) in [5, 5.41) is 4.31. The van der Waals surface area contributed by atoms with Gasteiger partial charge in [-0.3, -0.25) is 4.90 Å². The van der Waals surface area contributed by atoms with E-state index in [-0.39, 0.29) is 24.8 Å². The minimum Gasteiger partial charge on any atom is -0.314 e. The second-order valence-electron chi connectivity index (χ2n) is 5.11. The molecule has 1 N–H and O–H groups in total. The van der Waals surface area contributed by atoms with Gasteiger partial charge in [0.1, 0.15) is 0 Å². The minimum atomic E-state index is 0. The zero-order chi connectivity index (χ0) is 13.7. The lowest BCUT2D eigenvalue weighted by atomic mass is 9.98. The van der Waals surface area contributed by atoms with E-state index >= 15 is 0 Å². The molecule has 1 saturated heterocycles. The van der Waals surface area contributed by atoms with Crippen molar-refractivity contribution >= 4 is 52.3 Å². The Bertz CT molecular complexity index is 412. The van der Waals surface area contributed by atoms with Crippen LogP contribution in [0.4, 0.5) is 0 Å². The maximum Gasteiger partial charge on any atom is 0.0454 e. The monoisotopic (exact) mass is 416 g/mol. The Kier molecular flexibility index (Phi) is 11.4. The zero-order valence-electron chi connectivity index (χ0n) is 12.3. The summed E-state index contributed by atoms with van der Waals surface area (Å²) in [6.45, 7) is 6.62. The number of rotatable bonds is 5. The summed E-state index contributed by atoms with van der Waals surface area (Å²) < 4.78 is 1.11. The Morgan fingerprint density at radius 1 is 1.29 bits per heavy atom. The molecule has 0 amide bonds. The Balaban J connectivity index is 0.00000200. The number of benzene rings is 1. The lowest BCUT2D eigenvalue weighted by Crippen LogP contribution is -2.45. The van der Waals surface area contributed by atoms with Crippen LogP contribution < -0.4 is 5.32 Å². The third-order valence-corrected chi connectivity index (χ3v) is 4.58. The van der Waals surface area contributed by atoms with Crippen LogP contribution in [0.2, 0.25) is 5.02 Å². The first-order valence-electron chi connectivity index (χ1n) is 7.12. The average molecular weight is 419 g/mol. The quantitative estimate of drug-likeness (QED) is 0.717. The summed E-state index contributed by atoms with van der Waals surface area (Å²) in [7, 11) is 0. The second kappa shape index (κ2) is 11.1. The fourth-order valence-electron chi connectivity index (χ4n) is 2.70. The summed E-state index contributed by atoms with van der Waals surface area (Å²) in [5.41, 5.74) is 1.27. The molecule has 0 radical (unpaired) electrons. The molecule has 122 valence electrons. The minimum absolute atomic E-state index is 0. The smallest absolute Gasteiger partial charge is 0.0454 e. The Hall–Kier alpha value is 0.490. The van der Waals surface area contributed by atoms with E-state index in [1.807, 2.05) is 12.1 Å². The highest BCUT2D eigenvalue weighted by atomic mass is 79.9. The maximum atomic E-state index is 6.43. The van der Waals surface area contributed by atoms with E-state index in [1.54, 1.807) is 0 Å². The highest BCUT2D eigenvalue weighted by Gasteiger charge is 2.23. The lowest BCUT2D eigenvalue weighted by Gasteiger charge is -2.35. The molecule has 6 heteroatoms. The topological polar surface area (TPSA) is 15.3 Å². The Labute approximate surface area is 153 Å². The molecule has 1 atom stereocenters. The van der Waals surface area contributed by atoms with Gasteiger partial charge in [0.15, 0.2) is 0 Å². The number of piperazine rings is 1. The van der Waals surface area contributed by atoms with Gasteiger partial charge in [-0.1, -0.05) is 47.3 Å². The Morgan fingerprint density at radius 2 is 1.95 bits per heavy atom. The largest absolute Gasteiger partial charge is 0.314 e. The average Bonchev–Trinajstić information content (AvgIpc) is 2.44. The summed E-state index contributed by atoms with van der Waals surface area (Å²) in [6.07, 6.45) is 3.67. The second-order valence-corrected chi connectivity index (χ2v) is 6.43. The van der Waals surface area contributed by atoms with Crippen molar-refractivity contribution in [2.24, 2.45) is 0 Å². The van der Waals surface area contributed by atoms with Gasteiger partial charge >= 0.3 is 0 Å². The summed E-state index contributed by atoms with van der Waals surface area (Å²) in [6, 6.07) is 6.65. The molecule has 2 nitrogen and oxygen atoms in total. The van der Waals surface area contributed by atoms with Crippen molar-refractivity contribution in [3.8, 4) is 0 Å². The number of hydrogen-bond acceptors (Lipinski definition) is 2. The van der Waals surface area contributed by atoms with Crippen LogP contribution in [0.1, 0.15) is 37.8 Å². The SMILES string of the molecule is CCCC[C@H](c1cc(Br)ccc1Cl)N1CCNCC1.Cl.Cl. The molecule has 1 fully saturated rings. The molecule has 1 aromatic rings. The fraction of sp³-hybridized carbons (Fsp3) is 0.600. The molecule has 0 aromatic heterocycles. The number of halogens is 4. The van der Waals surface area contributed by atoms with E-state index in [0.29, 0.717) is 6.04 Å². The molecule has 0 saturated carbocycles. The van der Waals surface area contributed by atoms with Gasteiger partial charge in [-0.2, -0.15) is 0 Å². The highest BCUT2D eigenvalue weighted by molar-refractivity contribution is 9.10. The van der Waals surface area contributed by atoms with Crippen molar-refractivity contribution in [3.05, 3.63) is 33.3 Å². The number of nitrogens with zero attached hydrogens (tertiary/aromatic N) is 1. The number of nitrogens with one attached hydrogen (secondary N) is 1. The molecular weight excluding hydrogens is 394 g/mol. The first-order chi connectivity index (χ1) is 9.22. The lowest BCUT2D eigenvalue weighted by molar-refractivity contribution is 0.163. The van der Waals surface area contributed by atoms with E-state index in [0.717, 1.165) is 35.7 Å². The molecule has 1 aliphatic heterocycles. The standard InChI is InChI=1S/C15H22BrClN2.2ClH/c1-2-3-4-15(19-9-7-18-8-10-19)13-11-12(16)5-6-14(13)17;;/h5-6,11,15,18H,2-4,7-10H2,1H3;2*1H/t15-;;/m1../s1. The van der Waals surface area contributed by atoms with Crippen molar-refractivity contribution in [1.29, 1.82) is 0 Å². The van der Waals surface area contributed by atoms with Crippen molar-refractivity contribution in [1.82, 2.24) is 10.2 Å². The summed E-state index contributed by atoms with van der Waals surface area (Å²) in [4.78, 5) is 2.57. The van der Waals surface area contributed by atoms with Crippen LogP contribution in [0.3, 0.4) is 0 Å². The van der Waals surface area contributed by atoms with Crippen molar-refractivity contribution in [3.63, 3.8) is 0 Å². The van der Waals surface area contributed by atoms with Crippen LogP contribution in [0.25, 0.3) is 0 Å². The molecule has 1 aliphatic rings. The number of hydrogen-bond donors (Lipinski definition) is 1. The predicted molar refractivity (Wildman–Crippen MR) is 100 cm³/mol. The molecule has 2 rings (SSSR count). The Morgan fingerprint density at radius 3 is 2.57 bits per heavy atom. The van der Waals surface area contributed by atoms with Gasteiger partial charge in [-0.05, 0) is 30.2 Å². The van der Waals surface area contributed by atoms with Gasteiger partial charge in [0.05, 0.1) is 0 Å². The molecule has 0 aliphatic carbocycles. The molecule has 0 unspecified atom stereocenters. The van der Waals surface area contributed by atoms with Gasteiger partial charge in [-0.25, -0.2) is 0 Å². The van der Waals surface area contributed by atoms with Crippen LogP contribution in [0.5, 0.6) is 0 Å². The molecular formula is C15H24BrCl3N2. The van der Waals surface area contributed by atoms with Crippen LogP contribution in [-0.4, -0.2) is 31.1 Å². The maximum absolute atomic E-state index is 6.43. The van der Waals surface area contributed by atoms with Crippen molar-refractivity contribution in [2.45, 2.75) is 32.2 Å². The third kappa shape index (κ3) is 6.25. The molecule has 0 spiro atoms. The van der Waals surface area contributed by atoms with Crippen LogP contribution in [-0.2, 0) is 0 Å². The van der Waals surface area contributed by atoms with Crippen molar-refractivity contribution < 1.29 is 0 Å². The van der Waals surface area contributed by atoms with Gasteiger partial charge in [0, 0.05) is 41.7 Å². The number of unbranched alkanes of at least 4 members (excludes halogenated alkanes) is 1. The summed E-state index contributed by atoms with van der Waals surface area (Å²) in [5.74, 6) is 0. The molecule has 0 bridgehead atoms. The van der Waals surface area contributed by atoms with E-state index in [2.05, 4.69) is 39.1 Å². The van der Waals surface area contributed by atoms with E-state index in [4.69, 9.17) is 11.6 Å². The van der Waals surface area contributed by atoms with Gasteiger partial charge in [0.2, 0.25) is 0 Å². The first kappa shape index (κ1) is 21.5. The van der Waals surface area contributed by atoms with Gasteiger partial charge < -0.3 is 5.32 Å². The van der Waals surface area contributed by atoms with Gasteiger partial charge in [0.25, 0.3) is 0 Å². The molecule has 1 heterocycles. The highest BCUT2D eigenvalue weighted by Crippen LogP contribution is 2.33. The normalized spacial score (nSPS) is 16.7. The molecule has 1 aromatic carbocycles. The van der Waals surface area contributed by atoms with Crippen molar-refractivity contribution in [2.75, 3.05) is 26.2 Å². The first-order valence-corrected chi connectivity index (χ1v) is 8.29. The zero-order valence-corrected chi connectivity index (χ0v) is 16.3. The van der Waals surface area contributed by atoms with Crippen LogP contribution in [0, 0.1) is 0 Å². The van der Waals surface area contributed by atoms with E-state index in [9.17, 15) is 0 Å². The van der Waals surface area contributed by atoms with Gasteiger partial charge in [-0.15, -0.1) is 24.8 Å².